The Bertz CT molecular complexity index is 1050. The van der Waals surface area contributed by atoms with Gasteiger partial charge in [0.25, 0.3) is 5.91 Å². The minimum Gasteiger partial charge on any atom is -0.455 e. The molecule has 0 aliphatic heterocycles. The van der Waals surface area contributed by atoms with Crippen LogP contribution in [0.1, 0.15) is 15.2 Å². The van der Waals surface area contributed by atoms with Gasteiger partial charge in [0.2, 0.25) is 5.91 Å². The van der Waals surface area contributed by atoms with E-state index in [1.807, 2.05) is 0 Å². The average molecular weight is 405 g/mol. The largest absolute Gasteiger partial charge is 0.455 e. The number of likely N-dealkylation sites (N-methyl/N-ethyl adjacent to an activating group) is 1. The number of primary amides is 1. The summed E-state index contributed by atoms with van der Waals surface area (Å²) in [5, 5.41) is 0.868. The molecule has 0 unspecified atom stereocenters. The monoisotopic (exact) mass is 404 g/mol. The van der Waals surface area contributed by atoms with E-state index in [1.54, 1.807) is 44.6 Å². The number of amides is 2. The Morgan fingerprint density at radius 3 is 2.63 bits per heavy atom. The molecule has 0 aliphatic carbocycles. The van der Waals surface area contributed by atoms with Crippen LogP contribution in [0.2, 0.25) is 5.02 Å². The zero-order chi connectivity index (χ0) is 19.7. The molecule has 2 aromatic heterocycles. The SMILES string of the molecule is CN(C)C(=O)Cc1ccc(Oc2ccnc3sc(C(N)=O)c(N)c23)c(Cl)c1. The Kier molecular flexibility index (Phi) is 5.20. The maximum atomic E-state index is 11.8. The summed E-state index contributed by atoms with van der Waals surface area (Å²) < 4.78 is 5.91. The van der Waals surface area contributed by atoms with E-state index < -0.39 is 5.91 Å². The molecule has 0 spiro atoms. The number of thiophene rings is 1. The topological polar surface area (TPSA) is 112 Å². The van der Waals surface area contributed by atoms with Crippen LogP contribution in [0, 0.1) is 0 Å². The van der Waals surface area contributed by atoms with Gasteiger partial charge in [-0.2, -0.15) is 0 Å². The summed E-state index contributed by atoms with van der Waals surface area (Å²) in [6.45, 7) is 0. The van der Waals surface area contributed by atoms with Gasteiger partial charge < -0.3 is 21.1 Å². The number of carbonyl (C=O) groups is 2. The zero-order valence-electron chi connectivity index (χ0n) is 14.7. The van der Waals surface area contributed by atoms with Crippen molar-refractivity contribution in [3.8, 4) is 11.5 Å². The molecule has 4 N–H and O–H groups in total. The number of nitrogens with zero attached hydrogens (tertiary/aromatic N) is 2. The number of rotatable bonds is 5. The number of nitrogens with two attached hydrogens (primary N) is 2. The minimum absolute atomic E-state index is 0.0272. The smallest absolute Gasteiger partial charge is 0.260 e. The number of fused-ring (bicyclic) bond motifs is 1. The van der Waals surface area contributed by atoms with E-state index in [4.69, 9.17) is 27.8 Å². The first-order valence-corrected chi connectivity index (χ1v) is 9.10. The van der Waals surface area contributed by atoms with Crippen LogP contribution in [0.25, 0.3) is 10.2 Å². The molecule has 2 heterocycles. The number of hydrogen-bond donors (Lipinski definition) is 2. The Morgan fingerprint density at radius 2 is 2.00 bits per heavy atom. The fraction of sp³-hybridized carbons (Fsp3) is 0.167. The molecule has 9 heteroatoms. The number of aromatic nitrogens is 1. The summed E-state index contributed by atoms with van der Waals surface area (Å²) in [5.41, 5.74) is 12.4. The quantitative estimate of drug-likeness (QED) is 0.678. The van der Waals surface area contributed by atoms with Crippen LogP contribution in [0.4, 0.5) is 5.69 Å². The van der Waals surface area contributed by atoms with E-state index in [0.717, 1.165) is 16.9 Å². The highest BCUT2D eigenvalue weighted by atomic mass is 35.5. The first-order valence-electron chi connectivity index (χ1n) is 7.91. The van der Waals surface area contributed by atoms with E-state index >= 15 is 0 Å². The van der Waals surface area contributed by atoms with E-state index in [1.165, 1.54) is 4.90 Å². The lowest BCUT2D eigenvalue weighted by Gasteiger charge is -2.12. The summed E-state index contributed by atoms with van der Waals surface area (Å²) in [7, 11) is 3.39. The van der Waals surface area contributed by atoms with Gasteiger partial charge in [-0.15, -0.1) is 11.3 Å². The number of ether oxygens (including phenoxy) is 1. The minimum atomic E-state index is -0.616. The fourth-order valence-electron chi connectivity index (χ4n) is 2.47. The van der Waals surface area contributed by atoms with Crippen LogP contribution in [-0.4, -0.2) is 35.8 Å². The molecule has 27 heavy (non-hydrogen) atoms. The fourth-order valence-corrected chi connectivity index (χ4v) is 3.65. The predicted octanol–water partition coefficient (Wildman–Crippen LogP) is 3.05. The molecule has 7 nitrogen and oxygen atoms in total. The third-order valence-electron chi connectivity index (χ3n) is 3.88. The highest BCUT2D eigenvalue weighted by Gasteiger charge is 2.19. The molecule has 0 bridgehead atoms. The van der Waals surface area contributed by atoms with Crippen LogP contribution < -0.4 is 16.2 Å². The lowest BCUT2D eigenvalue weighted by atomic mass is 10.1. The summed E-state index contributed by atoms with van der Waals surface area (Å²) in [6.07, 6.45) is 1.79. The van der Waals surface area contributed by atoms with Gasteiger partial charge in [0.1, 0.15) is 21.2 Å². The second-order valence-corrected chi connectivity index (χ2v) is 7.44. The zero-order valence-corrected chi connectivity index (χ0v) is 16.2. The van der Waals surface area contributed by atoms with Gasteiger partial charge in [0, 0.05) is 20.3 Å². The number of carbonyl (C=O) groups excluding carboxylic acids is 2. The van der Waals surface area contributed by atoms with Crippen molar-refractivity contribution in [3.63, 3.8) is 0 Å². The molecule has 0 atom stereocenters. The van der Waals surface area contributed by atoms with E-state index in [-0.39, 0.29) is 22.9 Å². The molecular weight excluding hydrogens is 388 g/mol. The summed E-state index contributed by atoms with van der Waals surface area (Å²) in [5.74, 6) is 0.173. The molecule has 0 radical (unpaired) electrons. The number of pyridine rings is 1. The normalized spacial score (nSPS) is 10.8. The van der Waals surface area contributed by atoms with Crippen molar-refractivity contribution in [3.05, 3.63) is 45.9 Å². The lowest BCUT2D eigenvalue weighted by Crippen LogP contribution is -2.23. The Morgan fingerprint density at radius 1 is 1.26 bits per heavy atom. The van der Waals surface area contributed by atoms with Gasteiger partial charge >= 0.3 is 0 Å². The molecule has 0 saturated heterocycles. The van der Waals surface area contributed by atoms with Gasteiger partial charge in [0.05, 0.1) is 22.5 Å². The maximum Gasteiger partial charge on any atom is 0.260 e. The summed E-state index contributed by atoms with van der Waals surface area (Å²) in [6, 6.07) is 6.77. The van der Waals surface area contributed by atoms with Crippen LogP contribution in [0.15, 0.2) is 30.5 Å². The number of nitrogen functional groups attached to an aromatic ring is 1. The molecule has 0 aliphatic rings. The molecule has 1 aromatic carbocycles. The van der Waals surface area contributed by atoms with Gasteiger partial charge in [-0.3, -0.25) is 9.59 Å². The first-order chi connectivity index (χ1) is 12.8. The first kappa shape index (κ1) is 18.9. The molecule has 3 rings (SSSR count). The Labute approximate surface area is 164 Å². The summed E-state index contributed by atoms with van der Waals surface area (Å²) in [4.78, 5) is 29.9. The number of benzene rings is 1. The second kappa shape index (κ2) is 7.42. The van der Waals surface area contributed by atoms with Crippen molar-refractivity contribution in [1.82, 2.24) is 9.88 Å². The molecule has 0 saturated carbocycles. The van der Waals surface area contributed by atoms with Crippen LogP contribution >= 0.6 is 22.9 Å². The van der Waals surface area contributed by atoms with E-state index in [9.17, 15) is 9.59 Å². The van der Waals surface area contributed by atoms with Gasteiger partial charge in [0.15, 0.2) is 0 Å². The van der Waals surface area contributed by atoms with Crippen LogP contribution in [0.5, 0.6) is 11.5 Å². The van der Waals surface area contributed by atoms with Crippen LogP contribution in [-0.2, 0) is 11.2 Å². The molecule has 140 valence electrons. The molecule has 0 fully saturated rings. The van der Waals surface area contributed by atoms with Crippen molar-refractivity contribution < 1.29 is 14.3 Å². The Hall–Kier alpha value is -2.84. The molecule has 2 amide bonds. The highest BCUT2D eigenvalue weighted by Crippen LogP contribution is 2.41. The van der Waals surface area contributed by atoms with Crippen molar-refractivity contribution in [1.29, 1.82) is 0 Å². The predicted molar refractivity (Wildman–Crippen MR) is 106 cm³/mol. The number of hydrogen-bond acceptors (Lipinski definition) is 6. The van der Waals surface area contributed by atoms with E-state index in [0.29, 0.717) is 26.7 Å². The lowest BCUT2D eigenvalue weighted by molar-refractivity contribution is -0.127. The number of halogens is 1. The standard InChI is InChI=1S/C18H17ClN4O3S/c1-23(2)13(24)8-9-3-4-11(10(19)7-9)26-12-5-6-22-18-14(12)15(20)16(27-18)17(21)25/h3-7H,8,20H2,1-2H3,(H2,21,25). The van der Waals surface area contributed by atoms with Gasteiger partial charge in [-0.1, -0.05) is 17.7 Å². The van der Waals surface area contributed by atoms with Crippen molar-refractivity contribution in [2.75, 3.05) is 19.8 Å². The third-order valence-corrected chi connectivity index (χ3v) is 5.31. The second-order valence-electron chi connectivity index (χ2n) is 6.03. The maximum absolute atomic E-state index is 11.8. The van der Waals surface area contributed by atoms with Crippen LogP contribution in [0.3, 0.4) is 0 Å². The highest BCUT2D eigenvalue weighted by molar-refractivity contribution is 7.21. The summed E-state index contributed by atoms with van der Waals surface area (Å²) >= 11 is 7.43. The van der Waals surface area contributed by atoms with Gasteiger partial charge in [-0.05, 0) is 23.8 Å². The van der Waals surface area contributed by atoms with E-state index in [2.05, 4.69) is 4.98 Å². The Balaban J connectivity index is 1.94. The number of anilines is 1. The van der Waals surface area contributed by atoms with Crippen molar-refractivity contribution in [2.45, 2.75) is 6.42 Å². The average Bonchev–Trinajstić information content (AvgIpc) is 2.95. The van der Waals surface area contributed by atoms with Crippen molar-refractivity contribution >= 4 is 50.7 Å². The molecular formula is C18H17ClN4O3S. The molecule has 3 aromatic rings. The van der Waals surface area contributed by atoms with Crippen molar-refractivity contribution in [2.24, 2.45) is 5.73 Å². The third kappa shape index (κ3) is 3.81. The van der Waals surface area contributed by atoms with Gasteiger partial charge in [-0.25, -0.2) is 4.98 Å².